The molecule has 1 aliphatic carbocycles. The molecule has 1 aromatic carbocycles. The van der Waals surface area contributed by atoms with Crippen LogP contribution < -0.4 is 0 Å². The average molecular weight is 311 g/mol. The summed E-state index contributed by atoms with van der Waals surface area (Å²) in [7, 11) is -1.50. The van der Waals surface area contributed by atoms with E-state index in [0.717, 1.165) is 17.5 Å². The van der Waals surface area contributed by atoms with Crippen LogP contribution in [0.25, 0.3) is 0 Å². The van der Waals surface area contributed by atoms with E-state index in [2.05, 4.69) is 5.10 Å². The third-order valence-corrected chi connectivity index (χ3v) is 6.27. The van der Waals surface area contributed by atoms with E-state index in [0.29, 0.717) is 17.1 Å². The summed E-state index contributed by atoms with van der Waals surface area (Å²) in [5.74, 6) is 0.0140. The second kappa shape index (κ2) is 4.90. The number of aromatic nitrogens is 2. The fourth-order valence-corrected chi connectivity index (χ4v) is 5.05. The van der Waals surface area contributed by atoms with Crippen LogP contribution >= 0.6 is 11.6 Å². The van der Waals surface area contributed by atoms with Gasteiger partial charge in [-0.05, 0) is 36.1 Å². The molecule has 0 spiro atoms. The Bertz CT molecular complexity index is 752. The molecule has 0 saturated heterocycles. The molecule has 1 aromatic heterocycles. The molecule has 0 fully saturated rings. The topological polar surface area (TPSA) is 52.0 Å². The number of nitrogens with zero attached hydrogens (tertiary/aromatic N) is 2. The summed E-state index contributed by atoms with van der Waals surface area (Å²) in [6.07, 6.45) is 2.95. The molecule has 2 aromatic rings. The standard InChI is InChI=1S/C14H15ClN2O2S/c1-17-10(7-8-16-17)9-20(18,19)14-6-5-11-12(14)3-2-4-13(11)15/h2-4,7-8,14H,5-6,9H2,1H3/t14-/m0/s1. The highest BCUT2D eigenvalue weighted by molar-refractivity contribution is 7.90. The second-order valence-electron chi connectivity index (χ2n) is 5.09. The first-order valence-electron chi connectivity index (χ1n) is 6.45. The number of rotatable bonds is 3. The number of aryl methyl sites for hydroxylation is 1. The lowest BCUT2D eigenvalue weighted by Crippen LogP contribution is -2.15. The SMILES string of the molecule is Cn1nccc1CS(=O)(=O)[C@H]1CCc2c(Cl)cccc21. The first-order valence-corrected chi connectivity index (χ1v) is 8.54. The summed E-state index contributed by atoms with van der Waals surface area (Å²) in [5, 5.41) is 4.23. The third kappa shape index (κ3) is 2.25. The average Bonchev–Trinajstić information content (AvgIpc) is 2.97. The molecule has 4 nitrogen and oxygen atoms in total. The lowest BCUT2D eigenvalue weighted by atomic mass is 10.1. The van der Waals surface area contributed by atoms with Crippen molar-refractivity contribution >= 4 is 21.4 Å². The molecule has 1 aliphatic rings. The molecule has 3 rings (SSSR count). The third-order valence-electron chi connectivity index (χ3n) is 3.86. The predicted octanol–water partition coefficient (Wildman–Crippen LogP) is 2.68. The molecule has 1 heterocycles. The van der Waals surface area contributed by atoms with Gasteiger partial charge in [0.25, 0.3) is 0 Å². The summed E-state index contributed by atoms with van der Waals surface area (Å²) in [5.41, 5.74) is 2.55. The van der Waals surface area contributed by atoms with E-state index >= 15 is 0 Å². The Morgan fingerprint density at radius 1 is 1.40 bits per heavy atom. The van der Waals surface area contributed by atoms with Gasteiger partial charge in [-0.3, -0.25) is 4.68 Å². The summed E-state index contributed by atoms with van der Waals surface area (Å²) < 4.78 is 26.9. The summed E-state index contributed by atoms with van der Waals surface area (Å²) in [4.78, 5) is 0. The van der Waals surface area contributed by atoms with Crippen molar-refractivity contribution in [2.75, 3.05) is 0 Å². The van der Waals surface area contributed by atoms with Gasteiger partial charge in [0.1, 0.15) is 0 Å². The Morgan fingerprint density at radius 3 is 2.90 bits per heavy atom. The van der Waals surface area contributed by atoms with Crippen LogP contribution in [0, 0.1) is 0 Å². The molecule has 0 saturated carbocycles. The van der Waals surface area contributed by atoms with Gasteiger partial charge in [-0.25, -0.2) is 8.42 Å². The molecule has 106 valence electrons. The fraction of sp³-hybridized carbons (Fsp3) is 0.357. The fourth-order valence-electron chi connectivity index (χ4n) is 2.79. The summed E-state index contributed by atoms with van der Waals surface area (Å²) in [6, 6.07) is 7.25. The maximum absolute atomic E-state index is 12.6. The van der Waals surface area contributed by atoms with Gasteiger partial charge in [-0.2, -0.15) is 5.10 Å². The van der Waals surface area contributed by atoms with Gasteiger partial charge in [0.05, 0.1) is 16.7 Å². The van der Waals surface area contributed by atoms with Crippen LogP contribution in [-0.4, -0.2) is 18.2 Å². The Morgan fingerprint density at radius 2 is 2.20 bits per heavy atom. The first kappa shape index (κ1) is 13.6. The monoisotopic (exact) mass is 310 g/mol. The van der Waals surface area contributed by atoms with Gasteiger partial charge in [-0.1, -0.05) is 23.7 Å². The molecule has 20 heavy (non-hydrogen) atoms. The maximum atomic E-state index is 12.6. The van der Waals surface area contributed by atoms with Crippen molar-refractivity contribution in [2.45, 2.75) is 23.8 Å². The molecule has 0 unspecified atom stereocenters. The van der Waals surface area contributed by atoms with E-state index in [1.54, 1.807) is 24.0 Å². The Balaban J connectivity index is 1.95. The van der Waals surface area contributed by atoms with Gasteiger partial charge in [0.2, 0.25) is 0 Å². The van der Waals surface area contributed by atoms with Gasteiger partial charge in [0, 0.05) is 18.3 Å². The van der Waals surface area contributed by atoms with Crippen molar-refractivity contribution < 1.29 is 8.42 Å². The molecule has 1 atom stereocenters. The molecular formula is C14H15ClN2O2S. The molecule has 0 aliphatic heterocycles. The molecule has 0 amide bonds. The van der Waals surface area contributed by atoms with Crippen LogP contribution in [-0.2, 0) is 29.1 Å². The van der Waals surface area contributed by atoms with Crippen molar-refractivity contribution in [3.63, 3.8) is 0 Å². The zero-order valence-electron chi connectivity index (χ0n) is 11.1. The normalized spacial score (nSPS) is 18.2. The summed E-state index contributed by atoms with van der Waals surface area (Å²) >= 11 is 6.14. The van der Waals surface area contributed by atoms with E-state index in [9.17, 15) is 8.42 Å². The zero-order valence-corrected chi connectivity index (χ0v) is 12.7. The summed E-state index contributed by atoms with van der Waals surface area (Å²) in [6.45, 7) is 0. The van der Waals surface area contributed by atoms with E-state index < -0.39 is 15.1 Å². The number of hydrogen-bond acceptors (Lipinski definition) is 3. The van der Waals surface area contributed by atoms with Gasteiger partial charge < -0.3 is 0 Å². The first-order chi connectivity index (χ1) is 9.49. The molecule has 0 bridgehead atoms. The highest BCUT2D eigenvalue weighted by atomic mass is 35.5. The predicted molar refractivity (Wildman–Crippen MR) is 78.3 cm³/mol. The maximum Gasteiger partial charge on any atom is 0.162 e. The van der Waals surface area contributed by atoms with Gasteiger partial charge in [0.15, 0.2) is 9.84 Å². The minimum absolute atomic E-state index is 0.0140. The number of halogens is 1. The van der Waals surface area contributed by atoms with Crippen LogP contribution in [0.2, 0.25) is 5.02 Å². The van der Waals surface area contributed by atoms with Crippen molar-refractivity contribution in [1.82, 2.24) is 9.78 Å². The Kier molecular flexibility index (Phi) is 3.34. The van der Waals surface area contributed by atoms with Gasteiger partial charge >= 0.3 is 0 Å². The smallest absolute Gasteiger partial charge is 0.162 e. The second-order valence-corrected chi connectivity index (χ2v) is 7.68. The Labute approximate surface area is 123 Å². The van der Waals surface area contributed by atoms with Crippen LogP contribution in [0.3, 0.4) is 0 Å². The molecule has 6 heteroatoms. The molecule has 0 radical (unpaired) electrons. The Hall–Kier alpha value is -1.33. The zero-order chi connectivity index (χ0) is 14.3. The van der Waals surface area contributed by atoms with Crippen LogP contribution in [0.1, 0.15) is 28.5 Å². The van der Waals surface area contributed by atoms with Crippen LogP contribution in [0.5, 0.6) is 0 Å². The van der Waals surface area contributed by atoms with E-state index in [1.807, 2.05) is 18.2 Å². The van der Waals surface area contributed by atoms with Crippen LogP contribution in [0.4, 0.5) is 0 Å². The molecule has 0 N–H and O–H groups in total. The van der Waals surface area contributed by atoms with E-state index in [1.165, 1.54) is 0 Å². The van der Waals surface area contributed by atoms with E-state index in [4.69, 9.17) is 11.6 Å². The van der Waals surface area contributed by atoms with Crippen molar-refractivity contribution in [1.29, 1.82) is 0 Å². The number of benzene rings is 1. The van der Waals surface area contributed by atoms with E-state index in [-0.39, 0.29) is 5.75 Å². The minimum atomic E-state index is -3.26. The van der Waals surface area contributed by atoms with Crippen molar-refractivity contribution in [2.24, 2.45) is 7.05 Å². The lowest BCUT2D eigenvalue weighted by molar-refractivity contribution is 0.576. The van der Waals surface area contributed by atoms with Gasteiger partial charge in [-0.15, -0.1) is 0 Å². The van der Waals surface area contributed by atoms with Crippen LogP contribution in [0.15, 0.2) is 30.5 Å². The molecular weight excluding hydrogens is 296 g/mol. The number of hydrogen-bond donors (Lipinski definition) is 0. The van der Waals surface area contributed by atoms with Crippen molar-refractivity contribution in [3.05, 3.63) is 52.3 Å². The minimum Gasteiger partial charge on any atom is -0.272 e. The number of fused-ring (bicyclic) bond motifs is 1. The highest BCUT2D eigenvalue weighted by Gasteiger charge is 2.34. The highest BCUT2D eigenvalue weighted by Crippen LogP contribution is 2.41. The lowest BCUT2D eigenvalue weighted by Gasteiger charge is -2.13. The largest absolute Gasteiger partial charge is 0.272 e. The quantitative estimate of drug-likeness (QED) is 0.876. The van der Waals surface area contributed by atoms with Crippen molar-refractivity contribution in [3.8, 4) is 0 Å². The number of sulfone groups is 1.